The SMILES string of the molecule is COc1cc(NC2CCN(c3nc4c(s3)CCC4)CC2)ncn1. The number of aromatic nitrogens is 3. The van der Waals surface area contributed by atoms with Gasteiger partial charge >= 0.3 is 0 Å². The first-order valence-electron chi connectivity index (χ1n) is 8.18. The topological polar surface area (TPSA) is 63.2 Å². The molecule has 23 heavy (non-hydrogen) atoms. The molecule has 7 heteroatoms. The zero-order valence-corrected chi connectivity index (χ0v) is 14.1. The van der Waals surface area contributed by atoms with Crippen molar-refractivity contribution >= 4 is 22.3 Å². The molecule has 4 rings (SSSR count). The molecule has 0 radical (unpaired) electrons. The number of nitrogens with zero attached hydrogens (tertiary/aromatic N) is 4. The minimum Gasteiger partial charge on any atom is -0.481 e. The highest BCUT2D eigenvalue weighted by atomic mass is 32.1. The summed E-state index contributed by atoms with van der Waals surface area (Å²) in [5.41, 5.74) is 1.35. The van der Waals surface area contributed by atoms with Crippen LogP contribution >= 0.6 is 11.3 Å². The van der Waals surface area contributed by atoms with Gasteiger partial charge in [0.15, 0.2) is 5.13 Å². The van der Waals surface area contributed by atoms with Crippen LogP contribution < -0.4 is 15.0 Å². The summed E-state index contributed by atoms with van der Waals surface area (Å²) in [6.45, 7) is 2.10. The zero-order valence-electron chi connectivity index (χ0n) is 13.3. The number of piperidine rings is 1. The predicted molar refractivity (Wildman–Crippen MR) is 91.6 cm³/mol. The quantitative estimate of drug-likeness (QED) is 0.929. The largest absolute Gasteiger partial charge is 0.481 e. The second-order valence-corrected chi connectivity index (χ2v) is 7.13. The van der Waals surface area contributed by atoms with Crippen molar-refractivity contribution in [3.8, 4) is 5.88 Å². The molecule has 122 valence electrons. The van der Waals surface area contributed by atoms with Crippen LogP contribution in [0.3, 0.4) is 0 Å². The zero-order chi connectivity index (χ0) is 15.6. The van der Waals surface area contributed by atoms with Crippen LogP contribution in [0.5, 0.6) is 5.88 Å². The molecule has 2 aromatic heterocycles. The summed E-state index contributed by atoms with van der Waals surface area (Å²) in [7, 11) is 1.62. The van der Waals surface area contributed by atoms with Crippen LogP contribution in [0.4, 0.5) is 10.9 Å². The molecule has 0 spiro atoms. The number of methoxy groups -OCH3 is 1. The highest BCUT2D eigenvalue weighted by Gasteiger charge is 2.24. The second kappa shape index (κ2) is 6.31. The number of ether oxygens (including phenoxy) is 1. The van der Waals surface area contributed by atoms with E-state index in [1.54, 1.807) is 7.11 Å². The summed E-state index contributed by atoms with van der Waals surface area (Å²) < 4.78 is 5.14. The highest BCUT2D eigenvalue weighted by molar-refractivity contribution is 7.15. The lowest BCUT2D eigenvalue weighted by atomic mass is 10.1. The Bertz CT molecular complexity index is 659. The van der Waals surface area contributed by atoms with Gasteiger partial charge < -0.3 is 15.0 Å². The van der Waals surface area contributed by atoms with Crippen LogP contribution in [0.2, 0.25) is 0 Å². The molecule has 0 saturated carbocycles. The van der Waals surface area contributed by atoms with Crippen LogP contribution in [0.25, 0.3) is 0 Å². The number of hydrogen-bond acceptors (Lipinski definition) is 7. The van der Waals surface area contributed by atoms with Crippen LogP contribution in [0.1, 0.15) is 29.8 Å². The van der Waals surface area contributed by atoms with Crippen LogP contribution in [-0.4, -0.2) is 41.2 Å². The monoisotopic (exact) mass is 331 g/mol. The number of thiazole rings is 1. The van der Waals surface area contributed by atoms with E-state index in [-0.39, 0.29) is 0 Å². The van der Waals surface area contributed by atoms with Gasteiger partial charge in [0.1, 0.15) is 12.1 Å². The molecule has 1 fully saturated rings. The molecule has 0 unspecified atom stereocenters. The van der Waals surface area contributed by atoms with E-state index in [1.165, 1.54) is 41.3 Å². The van der Waals surface area contributed by atoms with Crippen molar-refractivity contribution in [3.63, 3.8) is 0 Å². The number of anilines is 2. The lowest BCUT2D eigenvalue weighted by Crippen LogP contribution is -2.39. The fraction of sp³-hybridized carbons (Fsp3) is 0.562. The van der Waals surface area contributed by atoms with E-state index in [0.717, 1.165) is 31.7 Å². The van der Waals surface area contributed by atoms with Crippen molar-refractivity contribution in [2.75, 3.05) is 30.4 Å². The Balaban J connectivity index is 1.35. The van der Waals surface area contributed by atoms with Crippen LogP contribution in [-0.2, 0) is 12.8 Å². The van der Waals surface area contributed by atoms with Gasteiger partial charge in [-0.05, 0) is 32.1 Å². The van der Waals surface area contributed by atoms with Gasteiger partial charge in [-0.25, -0.2) is 15.0 Å². The summed E-state index contributed by atoms with van der Waals surface area (Å²) in [5.74, 6) is 1.43. The Morgan fingerprint density at radius 1 is 1.26 bits per heavy atom. The number of hydrogen-bond donors (Lipinski definition) is 1. The van der Waals surface area contributed by atoms with Crippen molar-refractivity contribution in [3.05, 3.63) is 23.0 Å². The van der Waals surface area contributed by atoms with E-state index in [0.29, 0.717) is 11.9 Å². The third-order valence-electron chi connectivity index (χ3n) is 4.55. The van der Waals surface area contributed by atoms with Gasteiger partial charge in [0.25, 0.3) is 0 Å². The molecule has 0 bridgehead atoms. The molecule has 1 aliphatic carbocycles. The highest BCUT2D eigenvalue weighted by Crippen LogP contribution is 2.33. The van der Waals surface area contributed by atoms with E-state index in [4.69, 9.17) is 9.72 Å². The summed E-state index contributed by atoms with van der Waals surface area (Å²) in [6, 6.07) is 2.29. The molecular formula is C16H21N5OS. The number of nitrogens with one attached hydrogen (secondary N) is 1. The molecule has 1 aliphatic heterocycles. The Kier molecular flexibility index (Phi) is 4.03. The van der Waals surface area contributed by atoms with Gasteiger partial charge in [-0.3, -0.25) is 0 Å². The Labute approximate surface area is 139 Å². The smallest absolute Gasteiger partial charge is 0.218 e. The molecule has 2 aromatic rings. The number of rotatable bonds is 4. The predicted octanol–water partition coefficient (Wildman–Crippen LogP) is 2.51. The first kappa shape index (κ1) is 14.7. The van der Waals surface area contributed by atoms with Gasteiger partial charge in [-0.15, -0.1) is 11.3 Å². The van der Waals surface area contributed by atoms with E-state index >= 15 is 0 Å². The molecule has 6 nitrogen and oxygen atoms in total. The minimum absolute atomic E-state index is 0.442. The lowest BCUT2D eigenvalue weighted by molar-refractivity contribution is 0.397. The van der Waals surface area contributed by atoms with Crippen molar-refractivity contribution < 1.29 is 4.74 Å². The molecule has 1 saturated heterocycles. The maximum atomic E-state index is 5.14. The Hall–Kier alpha value is -1.89. The minimum atomic E-state index is 0.442. The Morgan fingerprint density at radius 2 is 2.13 bits per heavy atom. The summed E-state index contributed by atoms with van der Waals surface area (Å²) in [5, 5.41) is 4.71. The van der Waals surface area contributed by atoms with Gasteiger partial charge in [0.05, 0.1) is 12.8 Å². The third-order valence-corrected chi connectivity index (χ3v) is 5.77. The average Bonchev–Trinajstić information content (AvgIpc) is 3.17. The van der Waals surface area contributed by atoms with E-state index in [9.17, 15) is 0 Å². The fourth-order valence-electron chi connectivity index (χ4n) is 3.27. The van der Waals surface area contributed by atoms with Crippen LogP contribution in [0, 0.1) is 0 Å². The number of aryl methyl sites for hydroxylation is 2. The maximum absolute atomic E-state index is 5.14. The van der Waals surface area contributed by atoms with Gasteiger partial charge in [-0.2, -0.15) is 0 Å². The average molecular weight is 331 g/mol. The van der Waals surface area contributed by atoms with Crippen molar-refractivity contribution in [2.24, 2.45) is 0 Å². The third kappa shape index (κ3) is 3.10. The standard InChI is InChI=1S/C16H21N5OS/c1-22-15-9-14(17-10-18-15)19-11-5-7-21(8-6-11)16-20-12-3-2-4-13(12)23-16/h9-11H,2-8H2,1H3,(H,17,18,19). The Morgan fingerprint density at radius 3 is 2.91 bits per heavy atom. The van der Waals surface area contributed by atoms with Crippen molar-refractivity contribution in [2.45, 2.75) is 38.1 Å². The first-order chi connectivity index (χ1) is 11.3. The fourth-order valence-corrected chi connectivity index (χ4v) is 4.47. The molecule has 0 aromatic carbocycles. The van der Waals surface area contributed by atoms with Crippen molar-refractivity contribution in [1.82, 2.24) is 15.0 Å². The normalized spacial score (nSPS) is 18.0. The second-order valence-electron chi connectivity index (χ2n) is 6.07. The van der Waals surface area contributed by atoms with Crippen LogP contribution in [0.15, 0.2) is 12.4 Å². The van der Waals surface area contributed by atoms with Gasteiger partial charge in [0.2, 0.25) is 5.88 Å². The van der Waals surface area contributed by atoms with Crippen molar-refractivity contribution in [1.29, 1.82) is 0 Å². The molecule has 0 amide bonds. The molecule has 0 atom stereocenters. The van der Waals surface area contributed by atoms with E-state index < -0.39 is 0 Å². The van der Waals surface area contributed by atoms with E-state index in [2.05, 4.69) is 20.2 Å². The summed E-state index contributed by atoms with van der Waals surface area (Å²) >= 11 is 1.90. The number of fused-ring (bicyclic) bond motifs is 1. The summed E-state index contributed by atoms with van der Waals surface area (Å²) in [6.07, 6.45) is 7.39. The molecule has 3 heterocycles. The first-order valence-corrected chi connectivity index (χ1v) is 8.99. The molecule has 1 N–H and O–H groups in total. The molecule has 2 aliphatic rings. The molecular weight excluding hydrogens is 310 g/mol. The summed E-state index contributed by atoms with van der Waals surface area (Å²) in [4.78, 5) is 17.1. The van der Waals surface area contributed by atoms with E-state index in [1.807, 2.05) is 17.4 Å². The van der Waals surface area contributed by atoms with Gasteiger partial charge in [0, 0.05) is 30.1 Å². The maximum Gasteiger partial charge on any atom is 0.218 e. The lowest BCUT2D eigenvalue weighted by Gasteiger charge is -2.32. The van der Waals surface area contributed by atoms with Gasteiger partial charge in [-0.1, -0.05) is 0 Å².